The van der Waals surface area contributed by atoms with E-state index in [0.29, 0.717) is 22.5 Å². The van der Waals surface area contributed by atoms with Crippen molar-refractivity contribution in [2.75, 3.05) is 12.1 Å². The molecule has 0 bridgehead atoms. The molecule has 2 aliphatic rings. The van der Waals surface area contributed by atoms with Crippen LogP contribution in [0.1, 0.15) is 22.9 Å². The summed E-state index contributed by atoms with van der Waals surface area (Å²) >= 11 is 1.53. The smallest absolute Gasteiger partial charge is 0.247 e. The van der Waals surface area contributed by atoms with E-state index in [4.69, 9.17) is 19.2 Å². The predicted molar refractivity (Wildman–Crippen MR) is 126 cm³/mol. The van der Waals surface area contributed by atoms with Crippen LogP contribution in [0.4, 0.5) is 5.69 Å². The Hall–Kier alpha value is -3.78. The molecule has 7 nitrogen and oxygen atoms in total. The molecule has 0 fully saturated rings. The zero-order chi connectivity index (χ0) is 22.2. The summed E-state index contributed by atoms with van der Waals surface area (Å²) in [5, 5.41) is 12.9. The van der Waals surface area contributed by atoms with Gasteiger partial charge in [0, 0.05) is 22.6 Å². The van der Waals surface area contributed by atoms with Gasteiger partial charge in [-0.05, 0) is 36.8 Å². The van der Waals surface area contributed by atoms with Gasteiger partial charge in [-0.15, -0.1) is 10.2 Å². The largest absolute Gasteiger partial charge is 0.454 e. The number of fused-ring (bicyclic) bond motifs is 4. The first-order valence-electron chi connectivity index (χ1n) is 10.6. The summed E-state index contributed by atoms with van der Waals surface area (Å²) in [7, 11) is 0. The molecule has 0 saturated heterocycles. The monoisotopic (exact) mass is 456 g/mol. The lowest BCUT2D eigenvalue weighted by Gasteiger charge is -2.19. The molecule has 3 heterocycles. The van der Waals surface area contributed by atoms with Gasteiger partial charge in [-0.2, -0.15) is 4.98 Å². The quantitative estimate of drug-likeness (QED) is 0.411. The van der Waals surface area contributed by atoms with Crippen molar-refractivity contribution in [2.24, 2.45) is 0 Å². The average Bonchev–Trinajstić information content (AvgIpc) is 3.25. The number of ether oxygens (including phenoxy) is 3. The minimum atomic E-state index is -0.478. The normalized spacial score (nSPS) is 15.6. The molecule has 2 aliphatic heterocycles. The van der Waals surface area contributed by atoms with Crippen molar-refractivity contribution in [1.29, 1.82) is 0 Å². The van der Waals surface area contributed by atoms with Crippen LogP contribution >= 0.6 is 11.8 Å². The van der Waals surface area contributed by atoms with Crippen molar-refractivity contribution in [2.45, 2.75) is 24.1 Å². The maximum Gasteiger partial charge on any atom is 0.247 e. The topological polar surface area (TPSA) is 78.4 Å². The van der Waals surface area contributed by atoms with Gasteiger partial charge in [0.1, 0.15) is 0 Å². The molecule has 3 aromatic carbocycles. The van der Waals surface area contributed by atoms with Crippen LogP contribution in [0.2, 0.25) is 0 Å². The number of para-hydroxylation sites is 1. The molecular formula is C25H20N4O3S. The maximum atomic E-state index is 6.36. The van der Waals surface area contributed by atoms with Crippen LogP contribution in [0.3, 0.4) is 0 Å². The molecule has 0 aliphatic carbocycles. The number of aryl methyl sites for hydroxylation is 1. The Balaban J connectivity index is 1.33. The predicted octanol–water partition coefficient (Wildman–Crippen LogP) is 5.37. The standard InChI is InChI=1S/C25H20N4O3S/c1-15-6-8-16(9-7-15)13-33-25-27-24-22(28-29-25)18-4-2-3-5-19(18)26-23(32-24)17-10-11-20-21(12-17)31-14-30-20/h2-12,23,26H,13-14H2,1H3/t23-/m1/s1. The zero-order valence-electron chi connectivity index (χ0n) is 17.8. The van der Waals surface area contributed by atoms with Crippen LogP contribution in [-0.4, -0.2) is 22.0 Å². The first-order chi connectivity index (χ1) is 16.2. The van der Waals surface area contributed by atoms with Gasteiger partial charge in [0.25, 0.3) is 0 Å². The summed E-state index contributed by atoms with van der Waals surface area (Å²) in [6.07, 6.45) is -0.478. The van der Waals surface area contributed by atoms with E-state index in [2.05, 4.69) is 46.7 Å². The molecule has 0 amide bonds. The Morgan fingerprint density at radius 2 is 1.82 bits per heavy atom. The minimum absolute atomic E-state index is 0.224. The molecule has 1 atom stereocenters. The van der Waals surface area contributed by atoms with Crippen molar-refractivity contribution in [3.8, 4) is 28.6 Å². The Morgan fingerprint density at radius 1 is 0.970 bits per heavy atom. The summed E-state index contributed by atoms with van der Waals surface area (Å²) in [5.74, 6) is 2.62. The van der Waals surface area contributed by atoms with Gasteiger partial charge in [-0.3, -0.25) is 0 Å². The van der Waals surface area contributed by atoms with Gasteiger partial charge in [-0.25, -0.2) is 0 Å². The lowest BCUT2D eigenvalue weighted by Crippen LogP contribution is -2.17. The van der Waals surface area contributed by atoms with Crippen LogP contribution in [0.15, 0.2) is 71.9 Å². The second kappa shape index (κ2) is 8.29. The highest BCUT2D eigenvalue weighted by molar-refractivity contribution is 7.98. The molecule has 0 radical (unpaired) electrons. The molecule has 1 N–H and O–H groups in total. The van der Waals surface area contributed by atoms with E-state index in [1.807, 2.05) is 42.5 Å². The van der Waals surface area contributed by atoms with Gasteiger partial charge in [0.05, 0.1) is 0 Å². The fraction of sp³-hybridized carbons (Fsp3) is 0.160. The summed E-state index contributed by atoms with van der Waals surface area (Å²) in [5.41, 5.74) is 5.74. The van der Waals surface area contributed by atoms with Crippen LogP contribution < -0.4 is 19.5 Å². The number of hydrogen-bond acceptors (Lipinski definition) is 8. The van der Waals surface area contributed by atoms with Crippen molar-refractivity contribution >= 4 is 17.4 Å². The fourth-order valence-corrected chi connectivity index (χ4v) is 4.50. The Bertz CT molecular complexity index is 1330. The Labute approximate surface area is 195 Å². The van der Waals surface area contributed by atoms with E-state index < -0.39 is 6.23 Å². The molecule has 0 saturated carbocycles. The third-order valence-corrected chi connectivity index (χ3v) is 6.43. The average molecular weight is 457 g/mol. The van der Waals surface area contributed by atoms with E-state index in [9.17, 15) is 0 Å². The molecule has 33 heavy (non-hydrogen) atoms. The number of rotatable bonds is 4. The van der Waals surface area contributed by atoms with Crippen molar-refractivity contribution in [3.63, 3.8) is 0 Å². The van der Waals surface area contributed by atoms with Crippen molar-refractivity contribution in [3.05, 3.63) is 83.4 Å². The third kappa shape index (κ3) is 3.93. The molecule has 1 aromatic heterocycles. The number of nitrogens with one attached hydrogen (secondary N) is 1. The minimum Gasteiger partial charge on any atom is -0.454 e. The Morgan fingerprint density at radius 3 is 2.73 bits per heavy atom. The van der Waals surface area contributed by atoms with Crippen LogP contribution in [-0.2, 0) is 5.75 Å². The molecule has 0 spiro atoms. The van der Waals surface area contributed by atoms with Crippen molar-refractivity contribution < 1.29 is 14.2 Å². The summed E-state index contributed by atoms with van der Waals surface area (Å²) < 4.78 is 17.4. The highest BCUT2D eigenvalue weighted by atomic mass is 32.2. The zero-order valence-corrected chi connectivity index (χ0v) is 18.6. The van der Waals surface area contributed by atoms with Crippen molar-refractivity contribution in [1.82, 2.24) is 15.2 Å². The lowest BCUT2D eigenvalue weighted by atomic mass is 10.1. The third-order valence-electron chi connectivity index (χ3n) is 5.52. The van der Waals surface area contributed by atoms with E-state index in [-0.39, 0.29) is 6.79 Å². The van der Waals surface area contributed by atoms with Crippen LogP contribution in [0.25, 0.3) is 11.3 Å². The second-order valence-electron chi connectivity index (χ2n) is 7.82. The SMILES string of the molecule is Cc1ccc(CSc2nnc3c(n2)O[C@H](c2ccc4c(c2)OCO4)Nc2ccccc2-3)cc1. The first kappa shape index (κ1) is 19.9. The van der Waals surface area contributed by atoms with Gasteiger partial charge >= 0.3 is 0 Å². The number of aromatic nitrogens is 3. The first-order valence-corrected chi connectivity index (χ1v) is 11.6. The molecule has 6 rings (SSSR count). The number of thioether (sulfide) groups is 1. The molecule has 0 unspecified atom stereocenters. The second-order valence-corrected chi connectivity index (χ2v) is 8.77. The van der Waals surface area contributed by atoms with E-state index in [0.717, 1.165) is 28.3 Å². The van der Waals surface area contributed by atoms with E-state index in [1.165, 1.54) is 22.9 Å². The summed E-state index contributed by atoms with van der Waals surface area (Å²) in [4.78, 5) is 4.72. The molecular weight excluding hydrogens is 436 g/mol. The number of benzene rings is 3. The number of hydrogen-bond donors (Lipinski definition) is 1. The highest BCUT2D eigenvalue weighted by Crippen LogP contribution is 2.41. The maximum absolute atomic E-state index is 6.36. The highest BCUT2D eigenvalue weighted by Gasteiger charge is 2.27. The Kier molecular flexibility index (Phi) is 4.99. The number of nitrogens with zero attached hydrogens (tertiary/aromatic N) is 3. The lowest BCUT2D eigenvalue weighted by molar-refractivity contribution is 0.173. The number of anilines is 1. The summed E-state index contributed by atoms with van der Waals surface area (Å²) in [6, 6.07) is 22.1. The van der Waals surface area contributed by atoms with Crippen LogP contribution in [0.5, 0.6) is 17.4 Å². The van der Waals surface area contributed by atoms with E-state index >= 15 is 0 Å². The molecule has 4 aromatic rings. The van der Waals surface area contributed by atoms with Gasteiger partial charge in [0.2, 0.25) is 17.8 Å². The van der Waals surface area contributed by atoms with Gasteiger partial charge < -0.3 is 19.5 Å². The van der Waals surface area contributed by atoms with Gasteiger partial charge in [-0.1, -0.05) is 59.8 Å². The van der Waals surface area contributed by atoms with Crippen LogP contribution in [0, 0.1) is 6.92 Å². The summed E-state index contributed by atoms with van der Waals surface area (Å²) in [6.45, 7) is 2.30. The molecule has 8 heteroatoms. The fourth-order valence-electron chi connectivity index (χ4n) is 3.77. The van der Waals surface area contributed by atoms with Gasteiger partial charge in [0.15, 0.2) is 23.4 Å². The van der Waals surface area contributed by atoms with E-state index in [1.54, 1.807) is 0 Å². The molecule has 164 valence electrons.